The molecule has 1 saturated heterocycles. The van der Waals surface area contributed by atoms with Crippen LogP contribution in [0.25, 0.3) is 11.5 Å². The molecule has 44 heavy (non-hydrogen) atoms. The van der Waals surface area contributed by atoms with E-state index in [9.17, 15) is 14.4 Å². The summed E-state index contributed by atoms with van der Waals surface area (Å²) in [6, 6.07) is 6.52. The van der Waals surface area contributed by atoms with E-state index in [4.69, 9.17) is 32.8 Å². The van der Waals surface area contributed by atoms with E-state index in [0.717, 1.165) is 39.0 Å². The molecule has 3 amide bonds. The number of benzene rings is 1. The molecule has 18 heteroatoms. The molecule has 6 radical (unpaired) electrons. The second kappa shape index (κ2) is 13.5. The molecule has 3 heterocycles. The lowest BCUT2D eigenvalue weighted by molar-refractivity contribution is -0.122. The molecule has 0 spiro atoms. The fourth-order valence-electron chi connectivity index (χ4n) is 4.46. The Balaban J connectivity index is 1.35. The number of aromatic nitrogens is 4. The summed E-state index contributed by atoms with van der Waals surface area (Å²) in [6.07, 6.45) is 1.58. The van der Waals surface area contributed by atoms with E-state index in [1.54, 1.807) is 18.2 Å². The third-order valence-electron chi connectivity index (χ3n) is 6.75. The molecule has 2 aromatic heterocycles. The number of carbonyl (C=O) groups excluding carboxylic acids is 3. The van der Waals surface area contributed by atoms with E-state index in [1.165, 1.54) is 13.2 Å². The minimum absolute atomic E-state index is 0.0795. The number of para-hydroxylation sites is 1. The van der Waals surface area contributed by atoms with Crippen LogP contribution in [0.1, 0.15) is 29.2 Å². The summed E-state index contributed by atoms with van der Waals surface area (Å²) in [5, 5.41) is 24.0. The Bertz CT molecular complexity index is 1520. The number of rotatable bonds is 12. The lowest BCUT2D eigenvalue weighted by Crippen LogP contribution is -2.50. The van der Waals surface area contributed by atoms with Gasteiger partial charge in [0, 0.05) is 38.2 Å². The first kappa shape index (κ1) is 31.0. The van der Waals surface area contributed by atoms with Crippen molar-refractivity contribution in [3.8, 4) is 17.2 Å². The maximum absolute atomic E-state index is 12.9. The predicted octanol–water partition coefficient (Wildman–Crippen LogP) is -1.00. The number of nitrogens with zero attached hydrogens (tertiary/aromatic N) is 5. The highest BCUT2D eigenvalue weighted by atomic mass is 16.5. The van der Waals surface area contributed by atoms with Crippen LogP contribution in [0.3, 0.4) is 0 Å². The molecule has 2 aliphatic rings. The Hall–Kier alpha value is -4.44. The Morgan fingerprint density at radius 3 is 2.61 bits per heavy atom. The third-order valence-corrected chi connectivity index (χ3v) is 6.75. The molecule has 0 atom stereocenters. The van der Waals surface area contributed by atoms with Crippen molar-refractivity contribution in [2.75, 3.05) is 50.5 Å². The Morgan fingerprint density at radius 2 is 1.91 bits per heavy atom. The number of nitrogens with one attached hydrogen (secondary N) is 5. The van der Waals surface area contributed by atoms with Crippen LogP contribution in [0.5, 0.6) is 5.75 Å². The summed E-state index contributed by atoms with van der Waals surface area (Å²) in [4.78, 5) is 44.1. The fourth-order valence-corrected chi connectivity index (χ4v) is 4.46. The van der Waals surface area contributed by atoms with Gasteiger partial charge in [-0.25, -0.2) is 0 Å². The molecule has 0 bridgehead atoms. The van der Waals surface area contributed by atoms with E-state index in [2.05, 4.69) is 51.8 Å². The number of anilines is 3. The highest BCUT2D eigenvalue weighted by Crippen LogP contribution is 2.38. The SMILES string of the molecule is [B]C([B])([B])NC(=O)c1nnc(NC(=O)C2CC2)cc1Nc1cccc(-c2nc(CNC(=O)CN3CCNCC3)no2)c1OC. The number of carbonyl (C=O) groups is 3. The maximum atomic E-state index is 12.9. The van der Waals surface area contributed by atoms with Crippen LogP contribution in [-0.4, -0.2) is 112 Å². The molecular weight excluding hydrogens is 565 g/mol. The number of amides is 3. The van der Waals surface area contributed by atoms with Gasteiger partial charge in [-0.15, -0.1) is 10.2 Å². The van der Waals surface area contributed by atoms with Crippen LogP contribution >= 0.6 is 0 Å². The molecule has 5 rings (SSSR count). The van der Waals surface area contributed by atoms with E-state index < -0.39 is 11.1 Å². The molecule has 0 unspecified atom stereocenters. The number of hydrogen-bond acceptors (Lipinski definition) is 12. The van der Waals surface area contributed by atoms with Gasteiger partial charge in [0.1, 0.15) is 0 Å². The third kappa shape index (κ3) is 8.14. The summed E-state index contributed by atoms with van der Waals surface area (Å²) in [5.41, 5.74) is 0.754. The molecular formula is C26H29B3N10O5. The van der Waals surface area contributed by atoms with Crippen LogP contribution in [-0.2, 0) is 16.1 Å². The number of piperazine rings is 1. The van der Waals surface area contributed by atoms with Crippen molar-refractivity contribution >= 4 is 58.5 Å². The molecule has 5 N–H and O–H groups in total. The first-order valence-electron chi connectivity index (χ1n) is 13.9. The van der Waals surface area contributed by atoms with Gasteiger partial charge in [-0.3, -0.25) is 19.3 Å². The van der Waals surface area contributed by atoms with Gasteiger partial charge in [-0.05, 0) is 25.0 Å². The Morgan fingerprint density at radius 1 is 1.14 bits per heavy atom. The van der Waals surface area contributed by atoms with E-state index in [-0.39, 0.29) is 59.7 Å². The van der Waals surface area contributed by atoms with Crippen LogP contribution in [0.15, 0.2) is 28.8 Å². The molecule has 3 aromatic rings. The quantitative estimate of drug-likeness (QED) is 0.161. The fraction of sp³-hybridized carbons (Fsp3) is 0.423. The van der Waals surface area contributed by atoms with Gasteiger partial charge >= 0.3 is 0 Å². The van der Waals surface area contributed by atoms with Gasteiger partial charge in [0.05, 0.1) is 60.7 Å². The second-order valence-corrected chi connectivity index (χ2v) is 10.5. The van der Waals surface area contributed by atoms with Crippen molar-refractivity contribution in [2.45, 2.75) is 24.6 Å². The van der Waals surface area contributed by atoms with Crippen molar-refractivity contribution in [1.82, 2.24) is 41.2 Å². The minimum Gasteiger partial charge on any atom is -0.494 e. The Labute approximate surface area is 257 Å². The molecule has 222 valence electrons. The number of ether oxygens (including phenoxy) is 1. The minimum atomic E-state index is -2.02. The lowest BCUT2D eigenvalue weighted by Gasteiger charge is -2.26. The normalized spacial score (nSPS) is 15.3. The number of methoxy groups -OCH3 is 1. The lowest BCUT2D eigenvalue weighted by atomic mass is 9.49. The molecule has 1 aliphatic heterocycles. The first-order valence-corrected chi connectivity index (χ1v) is 13.9. The standard InChI is InChI=1S/C26H29B3N10O5/c1-43-22-15(25-34-19(38-44-25)12-31-20(40)13-39-9-7-30-8-10-39)3-2-4-16(22)32-17-11-18(33-23(41)14-5-6-14)36-37-21(17)24(42)35-26(27,28)29/h2-4,11,14,30H,5-10,12-13H2,1H3,(H,31,40)(H,35,42)(H2,32,33,36,41). The van der Waals surface area contributed by atoms with E-state index >= 15 is 0 Å². The van der Waals surface area contributed by atoms with Gasteiger partial charge in [0.15, 0.2) is 23.1 Å². The van der Waals surface area contributed by atoms with E-state index in [0.29, 0.717) is 17.0 Å². The zero-order valence-electron chi connectivity index (χ0n) is 24.1. The van der Waals surface area contributed by atoms with Crippen molar-refractivity contribution in [1.29, 1.82) is 0 Å². The molecule has 1 aliphatic carbocycles. The van der Waals surface area contributed by atoms with Gasteiger partial charge in [0.2, 0.25) is 11.8 Å². The zero-order valence-corrected chi connectivity index (χ0v) is 24.1. The van der Waals surface area contributed by atoms with Crippen molar-refractivity contribution < 1.29 is 23.6 Å². The topological polar surface area (TPSA) is 189 Å². The Kier molecular flexibility index (Phi) is 9.49. The van der Waals surface area contributed by atoms with Crippen molar-refractivity contribution in [3.63, 3.8) is 0 Å². The van der Waals surface area contributed by atoms with Gasteiger partial charge < -0.3 is 35.8 Å². The molecule has 1 saturated carbocycles. The van der Waals surface area contributed by atoms with Crippen LogP contribution in [0.4, 0.5) is 17.2 Å². The zero-order chi connectivity index (χ0) is 31.3. The molecule has 2 fully saturated rings. The molecule has 1 aromatic carbocycles. The predicted molar refractivity (Wildman–Crippen MR) is 162 cm³/mol. The van der Waals surface area contributed by atoms with Gasteiger partial charge in [-0.1, -0.05) is 16.5 Å². The van der Waals surface area contributed by atoms with Crippen LogP contribution in [0, 0.1) is 5.92 Å². The monoisotopic (exact) mass is 594 g/mol. The largest absolute Gasteiger partial charge is 0.494 e. The summed E-state index contributed by atoms with van der Waals surface area (Å²) in [7, 11) is 18.1. The maximum Gasteiger partial charge on any atom is 0.272 e. The summed E-state index contributed by atoms with van der Waals surface area (Å²) < 4.78 is 11.1. The van der Waals surface area contributed by atoms with Gasteiger partial charge in [0.25, 0.3) is 11.8 Å². The molecule has 15 nitrogen and oxygen atoms in total. The average Bonchev–Trinajstić information content (AvgIpc) is 3.73. The first-order chi connectivity index (χ1) is 21.1. The summed E-state index contributed by atoms with van der Waals surface area (Å²) in [5.74, 6) is -0.409. The average molecular weight is 594 g/mol. The number of hydrogen-bond donors (Lipinski definition) is 5. The van der Waals surface area contributed by atoms with Crippen molar-refractivity contribution in [2.24, 2.45) is 5.92 Å². The van der Waals surface area contributed by atoms with Crippen LogP contribution < -0.4 is 31.3 Å². The van der Waals surface area contributed by atoms with E-state index in [1.807, 2.05) is 0 Å². The highest BCUT2D eigenvalue weighted by Gasteiger charge is 2.30. The second-order valence-electron chi connectivity index (χ2n) is 10.5. The summed E-state index contributed by atoms with van der Waals surface area (Å²) >= 11 is 0. The van der Waals surface area contributed by atoms with Crippen molar-refractivity contribution in [3.05, 3.63) is 35.8 Å². The highest BCUT2D eigenvalue weighted by molar-refractivity contribution is 6.60. The summed E-state index contributed by atoms with van der Waals surface area (Å²) in [6.45, 7) is 3.66. The smallest absolute Gasteiger partial charge is 0.272 e. The van der Waals surface area contributed by atoms with Crippen LogP contribution in [0.2, 0.25) is 0 Å². The van der Waals surface area contributed by atoms with Gasteiger partial charge in [-0.2, -0.15) is 4.98 Å².